The van der Waals surface area contributed by atoms with E-state index in [1.54, 1.807) is 6.20 Å². The first-order chi connectivity index (χ1) is 8.63. The van der Waals surface area contributed by atoms with Crippen LogP contribution < -0.4 is 5.73 Å². The van der Waals surface area contributed by atoms with Crippen molar-refractivity contribution >= 4 is 5.82 Å². The van der Waals surface area contributed by atoms with Crippen LogP contribution in [0.25, 0.3) is 11.3 Å². The second-order valence-corrected chi connectivity index (χ2v) is 4.88. The number of hydrogen-bond donors (Lipinski definition) is 1. The zero-order valence-corrected chi connectivity index (χ0v) is 11.2. The molecular weight excluding hydrogens is 224 g/mol. The molecule has 1 atom stereocenters. The average molecular weight is 244 g/mol. The molecule has 2 aromatic rings. The molecular formula is C14H20N4. The Kier molecular flexibility index (Phi) is 3.65. The summed E-state index contributed by atoms with van der Waals surface area (Å²) >= 11 is 0. The molecule has 4 nitrogen and oxygen atoms in total. The van der Waals surface area contributed by atoms with Crippen LogP contribution in [0, 0.1) is 5.92 Å². The number of pyridine rings is 1. The highest BCUT2D eigenvalue weighted by Crippen LogP contribution is 2.28. The fourth-order valence-corrected chi connectivity index (χ4v) is 2.39. The summed E-state index contributed by atoms with van der Waals surface area (Å²) in [5, 5.41) is 0. The maximum atomic E-state index is 5.74. The Bertz CT molecular complexity index is 516. The maximum absolute atomic E-state index is 5.74. The van der Waals surface area contributed by atoms with Gasteiger partial charge < -0.3 is 10.3 Å². The van der Waals surface area contributed by atoms with E-state index in [9.17, 15) is 0 Å². The molecule has 0 saturated heterocycles. The third-order valence-electron chi connectivity index (χ3n) is 3.29. The van der Waals surface area contributed by atoms with Gasteiger partial charge in [-0.05, 0) is 24.5 Å². The first-order valence-corrected chi connectivity index (χ1v) is 6.37. The van der Waals surface area contributed by atoms with E-state index < -0.39 is 0 Å². The highest BCUT2D eigenvalue weighted by molar-refractivity contribution is 5.61. The normalized spacial score (nSPS) is 12.9. The van der Waals surface area contributed by atoms with E-state index in [0.717, 1.165) is 17.7 Å². The van der Waals surface area contributed by atoms with Gasteiger partial charge in [0.15, 0.2) is 0 Å². The third-order valence-corrected chi connectivity index (χ3v) is 3.29. The molecule has 0 aromatic carbocycles. The Balaban J connectivity index is 2.44. The number of hydrogen-bond acceptors (Lipinski definition) is 3. The number of nitrogens with two attached hydrogens (primary N) is 1. The average Bonchev–Trinajstić information content (AvgIpc) is 2.78. The minimum Gasteiger partial charge on any atom is -0.384 e. The van der Waals surface area contributed by atoms with Crippen LogP contribution in [0.5, 0.6) is 0 Å². The lowest BCUT2D eigenvalue weighted by Crippen LogP contribution is -2.14. The largest absolute Gasteiger partial charge is 0.384 e. The van der Waals surface area contributed by atoms with Crippen molar-refractivity contribution in [1.82, 2.24) is 14.5 Å². The molecule has 2 aromatic heterocycles. The Hall–Kier alpha value is -1.84. The number of imidazole rings is 1. The van der Waals surface area contributed by atoms with E-state index in [1.165, 1.54) is 0 Å². The van der Waals surface area contributed by atoms with Gasteiger partial charge in [-0.3, -0.25) is 0 Å². The molecule has 18 heavy (non-hydrogen) atoms. The molecule has 96 valence electrons. The monoisotopic (exact) mass is 244 g/mol. The molecule has 1 unspecified atom stereocenters. The Morgan fingerprint density at radius 2 is 2.17 bits per heavy atom. The first-order valence-electron chi connectivity index (χ1n) is 6.37. The molecule has 4 heteroatoms. The molecule has 0 radical (unpaired) electrons. The van der Waals surface area contributed by atoms with Crippen molar-refractivity contribution in [2.45, 2.75) is 33.2 Å². The summed E-state index contributed by atoms with van der Waals surface area (Å²) in [7, 11) is 0. The lowest BCUT2D eigenvalue weighted by atomic mass is 10.0. The lowest BCUT2D eigenvalue weighted by molar-refractivity contribution is 0.368. The molecule has 0 bridgehead atoms. The summed E-state index contributed by atoms with van der Waals surface area (Å²) in [5.74, 6) is 1.11. The zero-order chi connectivity index (χ0) is 13.1. The van der Waals surface area contributed by atoms with Gasteiger partial charge in [0.2, 0.25) is 0 Å². The van der Waals surface area contributed by atoms with Crippen molar-refractivity contribution in [3.8, 4) is 11.3 Å². The number of nitrogens with zero attached hydrogens (tertiary/aromatic N) is 3. The van der Waals surface area contributed by atoms with Crippen LogP contribution in [0.3, 0.4) is 0 Å². The fraction of sp³-hybridized carbons (Fsp3) is 0.429. The lowest BCUT2D eigenvalue weighted by Gasteiger charge is -2.23. The summed E-state index contributed by atoms with van der Waals surface area (Å²) < 4.78 is 2.24. The highest BCUT2D eigenvalue weighted by atomic mass is 15.1. The maximum Gasteiger partial charge on any atom is 0.123 e. The van der Waals surface area contributed by atoms with E-state index >= 15 is 0 Å². The molecule has 0 spiro atoms. The minimum absolute atomic E-state index is 0.455. The fourth-order valence-electron chi connectivity index (χ4n) is 2.39. The molecule has 0 aliphatic rings. The van der Waals surface area contributed by atoms with Gasteiger partial charge >= 0.3 is 0 Å². The summed E-state index contributed by atoms with van der Waals surface area (Å²) in [4.78, 5) is 8.31. The Labute approximate surface area is 108 Å². The molecule has 0 aliphatic heterocycles. The van der Waals surface area contributed by atoms with E-state index in [1.807, 2.05) is 24.7 Å². The van der Waals surface area contributed by atoms with Gasteiger partial charge in [-0.2, -0.15) is 0 Å². The van der Waals surface area contributed by atoms with Crippen LogP contribution in [-0.4, -0.2) is 14.5 Å². The van der Waals surface area contributed by atoms with Crippen LogP contribution >= 0.6 is 0 Å². The molecule has 2 N–H and O–H groups in total. The van der Waals surface area contributed by atoms with E-state index in [2.05, 4.69) is 35.3 Å². The third kappa shape index (κ3) is 2.37. The van der Waals surface area contributed by atoms with Crippen molar-refractivity contribution in [2.75, 3.05) is 5.73 Å². The molecule has 0 saturated carbocycles. The van der Waals surface area contributed by atoms with Crippen molar-refractivity contribution in [1.29, 1.82) is 0 Å². The number of nitrogen functional groups attached to an aromatic ring is 1. The summed E-state index contributed by atoms with van der Waals surface area (Å²) in [6, 6.07) is 4.31. The van der Waals surface area contributed by atoms with Crippen LogP contribution in [0.1, 0.15) is 33.2 Å². The van der Waals surface area contributed by atoms with Crippen LogP contribution in [0.2, 0.25) is 0 Å². The van der Waals surface area contributed by atoms with E-state index in [0.29, 0.717) is 17.8 Å². The van der Waals surface area contributed by atoms with Crippen molar-refractivity contribution in [3.05, 3.63) is 30.9 Å². The predicted molar refractivity (Wildman–Crippen MR) is 74.0 cm³/mol. The summed E-state index contributed by atoms with van der Waals surface area (Å²) in [5.41, 5.74) is 7.91. The standard InChI is InChI=1S/C14H20N4/c1-4-12(10(2)3)18-9-16-8-13(18)11-5-6-17-14(15)7-11/h5-10,12H,4H2,1-3H3,(H2,15,17). The van der Waals surface area contributed by atoms with Crippen LogP contribution in [0.15, 0.2) is 30.9 Å². The van der Waals surface area contributed by atoms with Gasteiger partial charge in [0.1, 0.15) is 5.82 Å². The summed E-state index contributed by atoms with van der Waals surface area (Å²) in [6.45, 7) is 6.67. The predicted octanol–water partition coefficient (Wildman–Crippen LogP) is 3.13. The molecule has 0 aliphatic carbocycles. The van der Waals surface area contributed by atoms with Gasteiger partial charge in [0, 0.05) is 17.8 Å². The Morgan fingerprint density at radius 1 is 1.39 bits per heavy atom. The molecule has 0 fully saturated rings. The van der Waals surface area contributed by atoms with Crippen molar-refractivity contribution in [3.63, 3.8) is 0 Å². The van der Waals surface area contributed by atoms with Crippen molar-refractivity contribution in [2.24, 2.45) is 5.92 Å². The number of aromatic nitrogens is 3. The minimum atomic E-state index is 0.455. The number of rotatable bonds is 4. The van der Waals surface area contributed by atoms with Gasteiger partial charge in [-0.15, -0.1) is 0 Å². The van der Waals surface area contributed by atoms with Gasteiger partial charge in [0.05, 0.1) is 18.2 Å². The second kappa shape index (κ2) is 5.21. The molecule has 0 amide bonds. The smallest absolute Gasteiger partial charge is 0.123 e. The zero-order valence-electron chi connectivity index (χ0n) is 11.2. The van der Waals surface area contributed by atoms with Crippen molar-refractivity contribution < 1.29 is 0 Å². The summed E-state index contributed by atoms with van der Waals surface area (Å²) in [6.07, 6.45) is 6.61. The number of anilines is 1. The molecule has 2 rings (SSSR count). The van der Waals surface area contributed by atoms with E-state index in [4.69, 9.17) is 5.73 Å². The van der Waals surface area contributed by atoms with Gasteiger partial charge in [0.25, 0.3) is 0 Å². The SMILES string of the molecule is CCC(C(C)C)n1cncc1-c1ccnc(N)c1. The second-order valence-electron chi connectivity index (χ2n) is 4.88. The quantitative estimate of drug-likeness (QED) is 0.899. The van der Waals surface area contributed by atoms with Gasteiger partial charge in [-0.25, -0.2) is 9.97 Å². The van der Waals surface area contributed by atoms with Crippen LogP contribution in [-0.2, 0) is 0 Å². The van der Waals surface area contributed by atoms with Crippen LogP contribution in [0.4, 0.5) is 5.82 Å². The Morgan fingerprint density at radius 3 is 2.78 bits per heavy atom. The van der Waals surface area contributed by atoms with E-state index in [-0.39, 0.29) is 0 Å². The first kappa shape index (κ1) is 12.6. The highest BCUT2D eigenvalue weighted by Gasteiger charge is 2.17. The van der Waals surface area contributed by atoms with Gasteiger partial charge in [-0.1, -0.05) is 20.8 Å². The molecule has 2 heterocycles. The topological polar surface area (TPSA) is 56.7 Å².